The molecular weight excluding hydrogens is 320 g/mol. The quantitative estimate of drug-likeness (QED) is 0.837. The molecule has 0 unspecified atom stereocenters. The number of halogens is 1. The summed E-state index contributed by atoms with van der Waals surface area (Å²) >= 11 is 3.26. The molecule has 7 heteroatoms. The van der Waals surface area contributed by atoms with Crippen molar-refractivity contribution in [2.75, 3.05) is 31.3 Å². The topological polar surface area (TPSA) is 80.5 Å². The summed E-state index contributed by atoms with van der Waals surface area (Å²) in [4.78, 5) is 13.4. The fraction of sp³-hybridized carbons (Fsp3) is 0.364. The molecule has 0 radical (unpaired) electrons. The van der Waals surface area contributed by atoms with Crippen LogP contribution in [-0.2, 0) is 9.84 Å². The van der Waals surface area contributed by atoms with E-state index in [0.29, 0.717) is 11.3 Å². The first-order valence-electron chi connectivity index (χ1n) is 5.19. The summed E-state index contributed by atoms with van der Waals surface area (Å²) in [5, 5.41) is 0. The molecular formula is C11H15BrN2O3S. The van der Waals surface area contributed by atoms with Crippen molar-refractivity contribution in [2.24, 2.45) is 0 Å². The van der Waals surface area contributed by atoms with Crippen LogP contribution in [0, 0.1) is 0 Å². The van der Waals surface area contributed by atoms with Gasteiger partial charge in [0.2, 0.25) is 0 Å². The third kappa shape index (κ3) is 4.30. The number of nitrogen functional groups attached to an aromatic ring is 1. The van der Waals surface area contributed by atoms with Crippen LogP contribution in [0.2, 0.25) is 0 Å². The second kappa shape index (κ2) is 5.71. The van der Waals surface area contributed by atoms with E-state index in [9.17, 15) is 13.2 Å². The molecule has 2 N–H and O–H groups in total. The second-order valence-corrected chi connectivity index (χ2v) is 7.26. The lowest BCUT2D eigenvalue weighted by molar-refractivity contribution is 0.0804. The largest absolute Gasteiger partial charge is 0.398 e. The number of hydrogen-bond donors (Lipinski definition) is 1. The minimum Gasteiger partial charge on any atom is -0.398 e. The molecule has 0 aliphatic rings. The van der Waals surface area contributed by atoms with Gasteiger partial charge in [0.1, 0.15) is 9.84 Å². The van der Waals surface area contributed by atoms with Gasteiger partial charge in [-0.3, -0.25) is 4.79 Å². The number of sulfone groups is 1. The third-order valence-electron chi connectivity index (χ3n) is 2.39. The minimum absolute atomic E-state index is 0.0638. The van der Waals surface area contributed by atoms with Gasteiger partial charge in [-0.2, -0.15) is 0 Å². The van der Waals surface area contributed by atoms with Crippen molar-refractivity contribution < 1.29 is 13.2 Å². The molecule has 1 aromatic carbocycles. The number of nitrogens with zero attached hydrogens (tertiary/aromatic N) is 1. The summed E-state index contributed by atoms with van der Waals surface area (Å²) in [5.74, 6) is -0.352. The summed E-state index contributed by atoms with van der Waals surface area (Å²) in [7, 11) is -1.53. The van der Waals surface area contributed by atoms with Crippen molar-refractivity contribution in [3.8, 4) is 0 Å². The molecule has 0 aliphatic heterocycles. The Morgan fingerprint density at radius 3 is 2.56 bits per heavy atom. The molecule has 0 fully saturated rings. The lowest BCUT2D eigenvalue weighted by Crippen LogP contribution is -2.31. The van der Waals surface area contributed by atoms with Gasteiger partial charge in [0.25, 0.3) is 5.91 Å². The first kappa shape index (κ1) is 15.0. The smallest absolute Gasteiger partial charge is 0.255 e. The van der Waals surface area contributed by atoms with E-state index in [-0.39, 0.29) is 18.2 Å². The first-order valence-corrected chi connectivity index (χ1v) is 8.04. The van der Waals surface area contributed by atoms with Crippen molar-refractivity contribution in [2.45, 2.75) is 0 Å². The molecule has 18 heavy (non-hydrogen) atoms. The lowest BCUT2D eigenvalue weighted by Gasteiger charge is -2.17. The van der Waals surface area contributed by atoms with Crippen LogP contribution in [0.4, 0.5) is 5.69 Å². The Balaban J connectivity index is 2.80. The molecule has 100 valence electrons. The molecule has 1 amide bonds. The molecule has 0 aromatic heterocycles. The van der Waals surface area contributed by atoms with Crippen LogP contribution in [-0.4, -0.2) is 44.8 Å². The molecule has 5 nitrogen and oxygen atoms in total. The number of nitrogens with two attached hydrogens (primary N) is 1. The van der Waals surface area contributed by atoms with E-state index < -0.39 is 9.84 Å². The van der Waals surface area contributed by atoms with Crippen LogP contribution in [0.5, 0.6) is 0 Å². The predicted molar refractivity (Wildman–Crippen MR) is 75.2 cm³/mol. The van der Waals surface area contributed by atoms with Crippen LogP contribution in [0.3, 0.4) is 0 Å². The van der Waals surface area contributed by atoms with E-state index in [0.717, 1.165) is 10.7 Å². The van der Waals surface area contributed by atoms with E-state index in [1.807, 2.05) is 0 Å². The Morgan fingerprint density at radius 1 is 1.44 bits per heavy atom. The first-order chi connectivity index (χ1) is 8.20. The highest BCUT2D eigenvalue weighted by Gasteiger charge is 2.16. The fourth-order valence-corrected chi connectivity index (χ4v) is 2.32. The normalized spacial score (nSPS) is 11.3. The molecule has 1 aromatic rings. The summed E-state index contributed by atoms with van der Waals surface area (Å²) in [6.07, 6.45) is 1.14. The molecule has 0 spiro atoms. The Kier molecular flexibility index (Phi) is 4.75. The van der Waals surface area contributed by atoms with Gasteiger partial charge in [0, 0.05) is 30.0 Å². The third-order valence-corrected chi connectivity index (χ3v) is 3.81. The van der Waals surface area contributed by atoms with Crippen LogP contribution in [0.15, 0.2) is 22.7 Å². The molecule has 0 saturated heterocycles. The zero-order valence-corrected chi connectivity index (χ0v) is 12.6. The van der Waals surface area contributed by atoms with Crippen molar-refractivity contribution in [3.63, 3.8) is 0 Å². The average Bonchev–Trinajstić information content (AvgIpc) is 2.24. The van der Waals surface area contributed by atoms with Crippen molar-refractivity contribution in [1.29, 1.82) is 0 Å². The van der Waals surface area contributed by atoms with Crippen molar-refractivity contribution in [1.82, 2.24) is 4.90 Å². The highest BCUT2D eigenvalue weighted by molar-refractivity contribution is 9.10. The van der Waals surface area contributed by atoms with Crippen LogP contribution in [0.1, 0.15) is 10.4 Å². The number of amides is 1. The summed E-state index contributed by atoms with van der Waals surface area (Å²) in [6, 6.07) is 4.96. The van der Waals surface area contributed by atoms with Gasteiger partial charge in [0.15, 0.2) is 0 Å². The molecule has 1 rings (SSSR count). The zero-order chi connectivity index (χ0) is 13.9. The van der Waals surface area contributed by atoms with Gasteiger partial charge in [-0.05, 0) is 18.2 Å². The Bertz CT molecular complexity index is 557. The van der Waals surface area contributed by atoms with Crippen LogP contribution in [0.25, 0.3) is 0 Å². The minimum atomic E-state index is -3.08. The van der Waals surface area contributed by atoms with Crippen molar-refractivity contribution >= 4 is 37.4 Å². The van der Waals surface area contributed by atoms with Gasteiger partial charge in [-0.1, -0.05) is 15.9 Å². The van der Waals surface area contributed by atoms with Gasteiger partial charge < -0.3 is 10.6 Å². The van der Waals surface area contributed by atoms with Gasteiger partial charge in [0.05, 0.1) is 11.3 Å². The molecule has 0 aliphatic carbocycles. The summed E-state index contributed by atoms with van der Waals surface area (Å²) in [6.45, 7) is 0.146. The maximum atomic E-state index is 12.0. The SMILES string of the molecule is CN(CCS(C)(=O)=O)C(=O)c1ccc(Br)cc1N. The van der Waals surface area contributed by atoms with Gasteiger partial charge >= 0.3 is 0 Å². The van der Waals surface area contributed by atoms with E-state index in [1.54, 1.807) is 25.2 Å². The molecule has 0 heterocycles. The Labute approximate surface area is 115 Å². The second-order valence-electron chi connectivity index (χ2n) is 4.09. The standard InChI is InChI=1S/C11H15BrN2O3S/c1-14(5-6-18(2,16)17)11(15)9-4-3-8(12)7-10(9)13/h3-4,7H,5-6,13H2,1-2H3. The summed E-state index contributed by atoms with van der Waals surface area (Å²) in [5.41, 5.74) is 6.48. The van der Waals surface area contributed by atoms with E-state index in [2.05, 4.69) is 15.9 Å². The average molecular weight is 335 g/mol. The monoisotopic (exact) mass is 334 g/mol. The fourth-order valence-electron chi connectivity index (χ4n) is 1.34. The van der Waals surface area contributed by atoms with Gasteiger partial charge in [-0.25, -0.2) is 8.42 Å². The van der Waals surface area contributed by atoms with Crippen LogP contribution < -0.4 is 5.73 Å². The molecule has 0 saturated carbocycles. The number of carbonyl (C=O) groups is 1. The van der Waals surface area contributed by atoms with Gasteiger partial charge in [-0.15, -0.1) is 0 Å². The number of rotatable bonds is 4. The highest BCUT2D eigenvalue weighted by atomic mass is 79.9. The van der Waals surface area contributed by atoms with E-state index in [4.69, 9.17) is 5.73 Å². The number of carbonyl (C=O) groups excluding carboxylic acids is 1. The predicted octanol–water partition coefficient (Wildman–Crippen LogP) is 1.15. The zero-order valence-electron chi connectivity index (χ0n) is 10.2. The Morgan fingerprint density at radius 2 is 2.06 bits per heavy atom. The van der Waals surface area contributed by atoms with Crippen molar-refractivity contribution in [3.05, 3.63) is 28.2 Å². The van der Waals surface area contributed by atoms with Crippen LogP contribution >= 0.6 is 15.9 Å². The number of benzene rings is 1. The number of hydrogen-bond acceptors (Lipinski definition) is 4. The summed E-state index contributed by atoms with van der Waals surface area (Å²) < 4.78 is 22.9. The lowest BCUT2D eigenvalue weighted by atomic mass is 10.1. The maximum absolute atomic E-state index is 12.0. The molecule has 0 atom stereocenters. The number of anilines is 1. The highest BCUT2D eigenvalue weighted by Crippen LogP contribution is 2.19. The van der Waals surface area contributed by atoms with E-state index in [1.165, 1.54) is 4.90 Å². The Hall–Kier alpha value is -1.08. The van der Waals surface area contributed by atoms with E-state index >= 15 is 0 Å². The molecule has 0 bridgehead atoms. The maximum Gasteiger partial charge on any atom is 0.255 e.